The van der Waals surface area contributed by atoms with Crippen LogP contribution in [0.5, 0.6) is 0 Å². The van der Waals surface area contributed by atoms with Gasteiger partial charge < -0.3 is 19.6 Å². The SMILES string of the molecule is CN(CCO)c1cc(N(CCN2CCOCC2)Cc2ccccc2F)c2nonc2c1[N+](=O)[O-]. The summed E-state index contributed by atoms with van der Waals surface area (Å²) in [6.45, 7) is 4.29. The van der Waals surface area contributed by atoms with Gasteiger partial charge in [0.15, 0.2) is 5.52 Å². The predicted molar refractivity (Wildman–Crippen MR) is 124 cm³/mol. The van der Waals surface area contributed by atoms with Gasteiger partial charge in [-0.05, 0) is 22.4 Å². The van der Waals surface area contributed by atoms with E-state index in [0.29, 0.717) is 37.6 Å². The van der Waals surface area contributed by atoms with E-state index in [4.69, 9.17) is 9.37 Å². The summed E-state index contributed by atoms with van der Waals surface area (Å²) in [7, 11) is 1.65. The molecule has 182 valence electrons. The van der Waals surface area contributed by atoms with Crippen LogP contribution in [0.2, 0.25) is 0 Å². The van der Waals surface area contributed by atoms with Crippen molar-refractivity contribution in [3.63, 3.8) is 0 Å². The predicted octanol–water partition coefficient (Wildman–Crippen LogP) is 2.04. The molecule has 0 atom stereocenters. The number of benzene rings is 2. The molecule has 0 aliphatic carbocycles. The lowest BCUT2D eigenvalue weighted by Crippen LogP contribution is -2.41. The van der Waals surface area contributed by atoms with Crippen LogP contribution in [0.1, 0.15) is 5.56 Å². The van der Waals surface area contributed by atoms with Crippen LogP contribution in [0.3, 0.4) is 0 Å². The van der Waals surface area contributed by atoms with Gasteiger partial charge in [0.1, 0.15) is 11.5 Å². The standard InChI is InChI=1S/C22H27FN6O5/c1-26(8-11-30)19-14-18(20-21(25-34-24-20)22(19)29(31)32)28(7-6-27-9-12-33-13-10-27)15-16-4-2-3-5-17(16)23/h2-5,14,30H,6-13,15H2,1H3. The minimum atomic E-state index is -0.533. The summed E-state index contributed by atoms with van der Waals surface area (Å²) in [6, 6.07) is 8.14. The van der Waals surface area contributed by atoms with Crippen molar-refractivity contribution in [2.75, 3.05) is 69.4 Å². The molecule has 34 heavy (non-hydrogen) atoms. The first kappa shape index (κ1) is 23.8. The lowest BCUT2D eigenvalue weighted by atomic mass is 10.1. The number of nitrogens with zero attached hydrogens (tertiary/aromatic N) is 6. The lowest BCUT2D eigenvalue weighted by molar-refractivity contribution is -0.382. The zero-order valence-corrected chi connectivity index (χ0v) is 18.9. The van der Waals surface area contributed by atoms with Crippen molar-refractivity contribution < 1.29 is 23.8 Å². The van der Waals surface area contributed by atoms with Gasteiger partial charge in [-0.1, -0.05) is 18.2 Å². The van der Waals surface area contributed by atoms with E-state index in [1.165, 1.54) is 6.07 Å². The summed E-state index contributed by atoms with van der Waals surface area (Å²) in [4.78, 5) is 17.1. The van der Waals surface area contributed by atoms with Gasteiger partial charge >= 0.3 is 5.69 Å². The molecule has 1 fully saturated rings. The van der Waals surface area contributed by atoms with Crippen LogP contribution in [-0.4, -0.2) is 84.8 Å². The summed E-state index contributed by atoms with van der Waals surface area (Å²) in [5.74, 6) is -0.340. The molecule has 2 aromatic carbocycles. The molecule has 11 nitrogen and oxygen atoms in total. The highest BCUT2D eigenvalue weighted by Crippen LogP contribution is 2.40. The minimum absolute atomic E-state index is 0.00666. The normalized spacial score (nSPS) is 14.4. The van der Waals surface area contributed by atoms with Gasteiger partial charge in [0, 0.05) is 51.9 Å². The molecule has 1 aromatic heterocycles. The van der Waals surface area contributed by atoms with Gasteiger partial charge in [-0.3, -0.25) is 15.0 Å². The van der Waals surface area contributed by atoms with Gasteiger partial charge in [-0.2, -0.15) is 0 Å². The maximum Gasteiger partial charge on any atom is 0.323 e. The second kappa shape index (κ2) is 10.7. The van der Waals surface area contributed by atoms with E-state index in [0.717, 1.165) is 13.1 Å². The highest BCUT2D eigenvalue weighted by Gasteiger charge is 2.30. The molecular formula is C22H27FN6O5. The van der Waals surface area contributed by atoms with E-state index in [2.05, 4.69) is 15.2 Å². The number of nitro benzene ring substituents is 1. The zero-order valence-electron chi connectivity index (χ0n) is 18.9. The third kappa shape index (κ3) is 5.08. The van der Waals surface area contributed by atoms with E-state index in [9.17, 15) is 19.6 Å². The summed E-state index contributed by atoms with van der Waals surface area (Å²) in [5.41, 5.74) is 1.27. The number of halogens is 1. The maximum absolute atomic E-state index is 14.6. The molecule has 0 amide bonds. The number of hydrogen-bond donors (Lipinski definition) is 1. The third-order valence-electron chi connectivity index (χ3n) is 5.95. The fourth-order valence-electron chi connectivity index (χ4n) is 4.09. The van der Waals surface area contributed by atoms with Gasteiger partial charge in [0.25, 0.3) is 0 Å². The molecule has 1 aliphatic rings. The zero-order chi connectivity index (χ0) is 24.1. The van der Waals surface area contributed by atoms with Crippen LogP contribution in [0.25, 0.3) is 11.0 Å². The van der Waals surface area contributed by atoms with Crippen LogP contribution < -0.4 is 9.80 Å². The van der Waals surface area contributed by atoms with Crippen molar-refractivity contribution >= 4 is 28.1 Å². The molecular weight excluding hydrogens is 447 g/mol. The minimum Gasteiger partial charge on any atom is -0.395 e. The average molecular weight is 474 g/mol. The molecule has 0 saturated carbocycles. The van der Waals surface area contributed by atoms with E-state index in [-0.39, 0.29) is 47.9 Å². The Morgan fingerprint density at radius 2 is 1.91 bits per heavy atom. The number of aliphatic hydroxyl groups is 1. The Hall–Kier alpha value is -3.35. The highest BCUT2D eigenvalue weighted by molar-refractivity contribution is 6.00. The smallest absolute Gasteiger partial charge is 0.323 e. The molecule has 1 N–H and O–H groups in total. The van der Waals surface area contributed by atoms with Gasteiger partial charge in [0.2, 0.25) is 5.52 Å². The molecule has 1 saturated heterocycles. The van der Waals surface area contributed by atoms with Crippen molar-refractivity contribution in [1.29, 1.82) is 0 Å². The van der Waals surface area contributed by atoms with Gasteiger partial charge in [-0.15, -0.1) is 0 Å². The molecule has 12 heteroatoms. The summed E-state index contributed by atoms with van der Waals surface area (Å²) >= 11 is 0. The van der Waals surface area contributed by atoms with E-state index in [1.54, 1.807) is 36.2 Å². The fraction of sp³-hybridized carbons (Fsp3) is 0.455. The van der Waals surface area contributed by atoms with Crippen molar-refractivity contribution in [1.82, 2.24) is 15.2 Å². The van der Waals surface area contributed by atoms with Crippen LogP contribution in [0.4, 0.5) is 21.5 Å². The molecule has 0 spiro atoms. The van der Waals surface area contributed by atoms with E-state index in [1.807, 2.05) is 4.90 Å². The summed E-state index contributed by atoms with van der Waals surface area (Å²) in [6.07, 6.45) is 0. The molecule has 2 heterocycles. The first-order valence-corrected chi connectivity index (χ1v) is 11.0. The first-order chi connectivity index (χ1) is 16.5. The number of aliphatic hydroxyl groups excluding tert-OH is 1. The average Bonchev–Trinajstić information content (AvgIpc) is 3.32. The molecule has 3 aromatic rings. The molecule has 4 rings (SSSR count). The summed E-state index contributed by atoms with van der Waals surface area (Å²) in [5, 5.41) is 29.1. The summed E-state index contributed by atoms with van der Waals surface area (Å²) < 4.78 is 24.9. The number of nitro groups is 1. The number of anilines is 2. The highest BCUT2D eigenvalue weighted by atomic mass is 19.1. The van der Waals surface area contributed by atoms with Crippen LogP contribution in [0.15, 0.2) is 35.0 Å². The Bertz CT molecular complexity index is 1140. The number of morpholine rings is 1. The number of rotatable bonds is 10. The van der Waals surface area contributed by atoms with Gasteiger partial charge in [0.05, 0.1) is 30.4 Å². The van der Waals surface area contributed by atoms with Crippen molar-refractivity contribution in [2.45, 2.75) is 6.54 Å². The van der Waals surface area contributed by atoms with E-state index >= 15 is 0 Å². The lowest BCUT2D eigenvalue weighted by Gasteiger charge is -2.31. The Morgan fingerprint density at radius 3 is 2.62 bits per heavy atom. The Morgan fingerprint density at radius 1 is 1.18 bits per heavy atom. The van der Waals surface area contributed by atoms with Gasteiger partial charge in [-0.25, -0.2) is 9.02 Å². The number of hydrogen-bond acceptors (Lipinski definition) is 10. The Kier molecular flexibility index (Phi) is 7.50. The van der Waals surface area contributed by atoms with Crippen molar-refractivity contribution in [3.05, 3.63) is 51.8 Å². The van der Waals surface area contributed by atoms with E-state index < -0.39 is 4.92 Å². The Labute approximate surface area is 195 Å². The molecule has 0 unspecified atom stereocenters. The molecule has 1 aliphatic heterocycles. The van der Waals surface area contributed by atoms with Crippen molar-refractivity contribution in [3.8, 4) is 0 Å². The molecule has 0 bridgehead atoms. The monoisotopic (exact) mass is 474 g/mol. The largest absolute Gasteiger partial charge is 0.395 e. The van der Waals surface area contributed by atoms with Crippen LogP contribution in [0, 0.1) is 15.9 Å². The fourth-order valence-corrected chi connectivity index (χ4v) is 4.09. The number of ether oxygens (including phenoxy) is 1. The second-order valence-electron chi connectivity index (χ2n) is 8.09. The second-order valence-corrected chi connectivity index (χ2v) is 8.09. The molecule has 0 radical (unpaired) electrons. The third-order valence-corrected chi connectivity index (χ3v) is 5.95. The quantitative estimate of drug-likeness (QED) is 0.345. The van der Waals surface area contributed by atoms with Crippen LogP contribution >= 0.6 is 0 Å². The number of aromatic nitrogens is 2. The van der Waals surface area contributed by atoms with Crippen LogP contribution in [-0.2, 0) is 11.3 Å². The van der Waals surface area contributed by atoms with Crippen molar-refractivity contribution in [2.24, 2.45) is 0 Å². The maximum atomic E-state index is 14.6. The number of likely N-dealkylation sites (N-methyl/N-ethyl adjacent to an activating group) is 1. The first-order valence-electron chi connectivity index (χ1n) is 11.0. The Balaban J connectivity index is 1.78. The topological polar surface area (TPSA) is 121 Å². The number of fused-ring (bicyclic) bond motifs is 1.